The summed E-state index contributed by atoms with van der Waals surface area (Å²) >= 11 is 0. The molecule has 0 spiro atoms. The summed E-state index contributed by atoms with van der Waals surface area (Å²) in [6.45, 7) is 2.62. The Balaban J connectivity index is 3.10. The third-order valence-corrected chi connectivity index (χ3v) is 5.41. The van der Waals surface area contributed by atoms with Crippen LogP contribution in [0.3, 0.4) is 0 Å². The van der Waals surface area contributed by atoms with Crippen LogP contribution < -0.4 is 10.6 Å². The topological polar surface area (TPSA) is 152 Å². The van der Waals surface area contributed by atoms with E-state index in [1.54, 1.807) is 30.3 Å². The van der Waals surface area contributed by atoms with Gasteiger partial charge in [-0.1, -0.05) is 18.2 Å². The van der Waals surface area contributed by atoms with Crippen LogP contribution in [0.15, 0.2) is 35.3 Å². The van der Waals surface area contributed by atoms with Crippen molar-refractivity contribution in [2.75, 3.05) is 12.4 Å². The van der Waals surface area contributed by atoms with Gasteiger partial charge in [-0.15, -0.1) is 0 Å². The van der Waals surface area contributed by atoms with E-state index in [1.807, 2.05) is 0 Å². The van der Waals surface area contributed by atoms with E-state index in [4.69, 9.17) is 0 Å². The van der Waals surface area contributed by atoms with Crippen LogP contribution >= 0.6 is 7.60 Å². The Morgan fingerprint density at radius 1 is 1.35 bits per heavy atom. The number of aliphatic imine (C=N–C) groups is 1. The lowest BCUT2D eigenvalue weighted by atomic mass is 10.0. The van der Waals surface area contributed by atoms with Gasteiger partial charge in [-0.2, -0.15) is 4.99 Å². The van der Waals surface area contributed by atoms with E-state index >= 15 is 0 Å². The van der Waals surface area contributed by atoms with Crippen LogP contribution in [-0.2, 0) is 9.36 Å². The van der Waals surface area contributed by atoms with Crippen LogP contribution in [0.25, 0.3) is 0 Å². The zero-order valence-electron chi connectivity index (χ0n) is 14.7. The van der Waals surface area contributed by atoms with E-state index in [0.29, 0.717) is 17.2 Å². The van der Waals surface area contributed by atoms with Crippen LogP contribution in [0, 0.1) is 0 Å². The van der Waals surface area contributed by atoms with Crippen molar-refractivity contribution in [3.63, 3.8) is 0 Å². The number of benzene rings is 1. The second-order valence-corrected chi connectivity index (χ2v) is 8.49. The number of amides is 3. The van der Waals surface area contributed by atoms with Gasteiger partial charge in [-0.3, -0.25) is 14.6 Å². The highest BCUT2D eigenvalue weighted by Crippen LogP contribution is 2.52. The molecule has 1 aromatic carbocycles. The Morgan fingerprint density at radius 2 is 1.92 bits per heavy atom. The fourth-order valence-corrected chi connectivity index (χ4v) is 2.50. The SMILES string of the molecule is CN(O)/C(=N\C(=O)Nc1ccccc1)C(CC(C)(C)P(=O)(O)O)NC=O. The molecule has 1 unspecified atom stereocenters. The Morgan fingerprint density at radius 3 is 2.38 bits per heavy atom. The number of hydrogen-bond donors (Lipinski definition) is 5. The van der Waals surface area contributed by atoms with Gasteiger partial charge in [-0.25, -0.2) is 9.86 Å². The van der Waals surface area contributed by atoms with Gasteiger partial charge in [0, 0.05) is 12.7 Å². The quantitative estimate of drug-likeness (QED) is 0.156. The molecular weight excluding hydrogens is 363 g/mol. The number of hydrogen-bond acceptors (Lipinski definition) is 4. The van der Waals surface area contributed by atoms with Gasteiger partial charge in [0.1, 0.15) is 0 Å². The normalized spacial score (nSPS) is 13.7. The van der Waals surface area contributed by atoms with Gasteiger partial charge >= 0.3 is 13.6 Å². The first-order valence-corrected chi connectivity index (χ1v) is 9.21. The smallest absolute Gasteiger partial charge is 0.347 e. The highest BCUT2D eigenvalue weighted by molar-refractivity contribution is 7.53. The van der Waals surface area contributed by atoms with Crippen molar-refractivity contribution in [3.05, 3.63) is 30.3 Å². The molecule has 0 radical (unpaired) electrons. The average molecular weight is 386 g/mol. The zero-order valence-corrected chi connectivity index (χ0v) is 15.6. The first kappa shape index (κ1) is 21.8. The van der Waals surface area contributed by atoms with Crippen molar-refractivity contribution in [1.82, 2.24) is 10.4 Å². The van der Waals surface area contributed by atoms with E-state index in [9.17, 15) is 29.1 Å². The standard InChI is InChI=1S/C15H23N4O6P/c1-15(2,26(23,24)25)9-12(16-10-20)13(19(3)22)18-14(21)17-11-7-5-4-6-8-11/h4-8,10,12,22H,9H2,1-3H3,(H,16,20)(H,17,21)(H2,23,24,25)/b18-13-. The third kappa shape index (κ3) is 6.23. The Labute approximate surface area is 151 Å². The Kier molecular flexibility index (Phi) is 7.46. The van der Waals surface area contributed by atoms with Crippen LogP contribution in [0.2, 0.25) is 0 Å². The molecule has 5 N–H and O–H groups in total. The van der Waals surface area contributed by atoms with Crippen LogP contribution in [0.1, 0.15) is 20.3 Å². The molecule has 10 nitrogen and oxygen atoms in total. The maximum Gasteiger partial charge on any atom is 0.347 e. The molecule has 0 aromatic heterocycles. The van der Waals surface area contributed by atoms with E-state index in [-0.39, 0.29) is 12.3 Å². The van der Waals surface area contributed by atoms with Crippen molar-refractivity contribution in [2.45, 2.75) is 31.5 Å². The lowest BCUT2D eigenvalue weighted by Gasteiger charge is -2.31. The van der Waals surface area contributed by atoms with Crippen molar-refractivity contribution < 1.29 is 29.1 Å². The molecule has 3 amide bonds. The monoisotopic (exact) mass is 386 g/mol. The number of nitrogens with one attached hydrogen (secondary N) is 2. The summed E-state index contributed by atoms with van der Waals surface area (Å²) in [5.74, 6) is -0.271. The van der Waals surface area contributed by atoms with Crippen molar-refractivity contribution in [2.24, 2.45) is 4.99 Å². The molecule has 0 aliphatic carbocycles. The Hall–Kier alpha value is -2.26. The molecule has 0 saturated heterocycles. The molecule has 144 valence electrons. The van der Waals surface area contributed by atoms with E-state index in [0.717, 1.165) is 0 Å². The predicted octanol–water partition coefficient (Wildman–Crippen LogP) is 1.40. The van der Waals surface area contributed by atoms with Crippen LogP contribution in [-0.4, -0.2) is 56.6 Å². The van der Waals surface area contributed by atoms with Crippen LogP contribution in [0.4, 0.5) is 10.5 Å². The molecule has 11 heteroatoms. The molecule has 1 aromatic rings. The third-order valence-electron chi connectivity index (χ3n) is 3.65. The highest BCUT2D eigenvalue weighted by Gasteiger charge is 2.41. The number of likely N-dealkylation sites (N-methyl/N-ethyl adjacent to an activating group) is 1. The number of anilines is 1. The minimum absolute atomic E-state index is 0.266. The molecule has 1 atom stereocenters. The summed E-state index contributed by atoms with van der Waals surface area (Å²) in [6, 6.07) is 6.52. The van der Waals surface area contributed by atoms with Gasteiger partial charge in [0.15, 0.2) is 5.84 Å². The number of hydroxylamine groups is 2. The fraction of sp³-hybridized carbons (Fsp3) is 0.400. The summed E-state index contributed by atoms with van der Waals surface area (Å²) in [4.78, 5) is 45.6. The van der Waals surface area contributed by atoms with Gasteiger partial charge in [0.05, 0.1) is 11.2 Å². The number of rotatable bonds is 7. The number of amidine groups is 1. The molecule has 0 aliphatic heterocycles. The summed E-state index contributed by atoms with van der Waals surface area (Å²) in [5, 5.41) is 13.6. The summed E-state index contributed by atoms with van der Waals surface area (Å²) in [6.07, 6.45) is 0.0346. The molecular formula is C15H23N4O6P. The number of carbonyl (C=O) groups is 2. The molecule has 0 aliphatic rings. The minimum atomic E-state index is -4.52. The molecule has 0 heterocycles. The second kappa shape index (κ2) is 8.91. The fourth-order valence-electron chi connectivity index (χ4n) is 2.08. The maximum absolute atomic E-state index is 12.1. The van der Waals surface area contributed by atoms with Gasteiger partial charge in [0.25, 0.3) is 0 Å². The molecule has 26 heavy (non-hydrogen) atoms. The molecule has 0 bridgehead atoms. The lowest BCUT2D eigenvalue weighted by Crippen LogP contribution is -2.47. The number of urea groups is 1. The number of carbonyl (C=O) groups excluding carboxylic acids is 2. The molecule has 0 saturated carbocycles. The first-order valence-electron chi connectivity index (χ1n) is 7.60. The molecule has 0 fully saturated rings. The minimum Gasteiger partial charge on any atom is -0.349 e. The van der Waals surface area contributed by atoms with Crippen LogP contribution in [0.5, 0.6) is 0 Å². The summed E-state index contributed by atoms with van der Waals surface area (Å²) in [5.41, 5.74) is 0.469. The van der Waals surface area contributed by atoms with E-state index < -0.39 is 24.8 Å². The Bertz CT molecular complexity index is 701. The number of para-hydroxylation sites is 1. The largest absolute Gasteiger partial charge is 0.349 e. The van der Waals surface area contributed by atoms with Gasteiger partial charge in [-0.05, 0) is 32.4 Å². The first-order chi connectivity index (χ1) is 12.0. The summed E-state index contributed by atoms with van der Waals surface area (Å²) < 4.78 is 11.6. The predicted molar refractivity (Wildman–Crippen MR) is 96.2 cm³/mol. The van der Waals surface area contributed by atoms with Crippen molar-refractivity contribution >= 4 is 31.6 Å². The second-order valence-electron chi connectivity index (χ2n) is 6.19. The summed E-state index contributed by atoms with van der Waals surface area (Å²) in [7, 11) is -3.34. The maximum atomic E-state index is 12.1. The lowest BCUT2D eigenvalue weighted by molar-refractivity contribution is -0.110. The van der Waals surface area contributed by atoms with Gasteiger partial charge in [0.2, 0.25) is 6.41 Å². The molecule has 1 rings (SSSR count). The van der Waals surface area contributed by atoms with E-state index in [1.165, 1.54) is 20.9 Å². The number of nitrogens with zero attached hydrogens (tertiary/aromatic N) is 2. The van der Waals surface area contributed by atoms with Gasteiger partial charge < -0.3 is 20.4 Å². The van der Waals surface area contributed by atoms with E-state index in [2.05, 4.69) is 15.6 Å². The zero-order chi connectivity index (χ0) is 20.0. The highest BCUT2D eigenvalue weighted by atomic mass is 31.2. The van der Waals surface area contributed by atoms with Crippen molar-refractivity contribution in [3.8, 4) is 0 Å². The van der Waals surface area contributed by atoms with Crippen molar-refractivity contribution in [1.29, 1.82) is 0 Å². The average Bonchev–Trinajstić information content (AvgIpc) is 2.51.